The van der Waals surface area contributed by atoms with Gasteiger partial charge in [-0.1, -0.05) is 24.3 Å². The molecule has 0 aliphatic rings. The van der Waals surface area contributed by atoms with Crippen molar-refractivity contribution in [2.24, 2.45) is 0 Å². The maximum atomic E-state index is 11.5. The third-order valence-corrected chi connectivity index (χ3v) is 4.21. The predicted octanol–water partition coefficient (Wildman–Crippen LogP) is 3.51. The second-order valence-electron chi connectivity index (χ2n) is 5.97. The number of carbonyl (C=O) groups is 1. The Balaban J connectivity index is 1.90. The fourth-order valence-corrected chi connectivity index (χ4v) is 2.79. The largest absolute Gasteiger partial charge is 0.497 e. The molecule has 0 aliphatic heterocycles. The number of aldehydes is 1. The van der Waals surface area contributed by atoms with Gasteiger partial charge in [-0.25, -0.2) is 9.97 Å². The minimum atomic E-state index is 0.458. The molecule has 2 aromatic carbocycles. The number of ether oxygens (including phenoxy) is 2. The molecule has 0 unspecified atom stereocenters. The molecule has 1 aromatic heterocycles. The Hall–Kier alpha value is -3.41. The summed E-state index contributed by atoms with van der Waals surface area (Å²) >= 11 is 0. The highest BCUT2D eigenvalue weighted by Gasteiger charge is 2.14. The second-order valence-corrected chi connectivity index (χ2v) is 5.97. The van der Waals surface area contributed by atoms with E-state index in [4.69, 9.17) is 9.47 Å². The molecule has 0 radical (unpaired) electrons. The zero-order valence-electron chi connectivity index (χ0n) is 15.3. The number of nitrogens with zero attached hydrogens (tertiary/aromatic N) is 3. The number of rotatable bonds is 8. The van der Waals surface area contributed by atoms with Gasteiger partial charge in [0.25, 0.3) is 0 Å². The van der Waals surface area contributed by atoms with Crippen molar-refractivity contribution in [3.8, 4) is 11.5 Å². The monoisotopic (exact) mass is 363 g/mol. The average Bonchev–Trinajstić information content (AvgIpc) is 2.74. The molecule has 3 rings (SSSR count). The molecule has 138 valence electrons. The number of aromatic nitrogens is 2. The van der Waals surface area contributed by atoms with Crippen LogP contribution in [0.25, 0.3) is 0 Å². The van der Waals surface area contributed by atoms with Crippen molar-refractivity contribution in [3.05, 3.63) is 77.7 Å². The van der Waals surface area contributed by atoms with Gasteiger partial charge in [0.2, 0.25) is 0 Å². The molecule has 0 atom stereocenters. The predicted molar refractivity (Wildman–Crippen MR) is 103 cm³/mol. The smallest absolute Gasteiger partial charge is 0.155 e. The van der Waals surface area contributed by atoms with Gasteiger partial charge in [0.05, 0.1) is 19.8 Å². The van der Waals surface area contributed by atoms with Crippen molar-refractivity contribution in [2.75, 3.05) is 19.1 Å². The molecule has 0 aliphatic carbocycles. The molecule has 0 N–H and O–H groups in total. The van der Waals surface area contributed by atoms with Crippen molar-refractivity contribution in [1.82, 2.24) is 9.97 Å². The maximum Gasteiger partial charge on any atom is 0.155 e. The molecule has 0 saturated carbocycles. The van der Waals surface area contributed by atoms with Crippen LogP contribution in [-0.2, 0) is 13.1 Å². The Morgan fingerprint density at radius 3 is 1.85 bits per heavy atom. The summed E-state index contributed by atoms with van der Waals surface area (Å²) < 4.78 is 10.4. The van der Waals surface area contributed by atoms with Gasteiger partial charge in [-0.15, -0.1) is 0 Å². The van der Waals surface area contributed by atoms with E-state index in [2.05, 4.69) is 14.9 Å². The van der Waals surface area contributed by atoms with Crippen LogP contribution < -0.4 is 14.4 Å². The summed E-state index contributed by atoms with van der Waals surface area (Å²) in [5.74, 6) is 2.21. The normalized spacial score (nSPS) is 10.3. The molecule has 0 spiro atoms. The van der Waals surface area contributed by atoms with Crippen LogP contribution in [0.15, 0.2) is 61.1 Å². The van der Waals surface area contributed by atoms with Crippen LogP contribution in [0.5, 0.6) is 11.5 Å². The van der Waals surface area contributed by atoms with E-state index >= 15 is 0 Å². The van der Waals surface area contributed by atoms with Crippen LogP contribution in [0, 0.1) is 0 Å². The Morgan fingerprint density at radius 2 is 1.41 bits per heavy atom. The van der Waals surface area contributed by atoms with Crippen molar-refractivity contribution in [2.45, 2.75) is 13.1 Å². The summed E-state index contributed by atoms with van der Waals surface area (Å²) in [6.45, 7) is 1.18. The molecule has 27 heavy (non-hydrogen) atoms. The van der Waals surface area contributed by atoms with Gasteiger partial charge in [0, 0.05) is 19.3 Å². The van der Waals surface area contributed by atoms with Gasteiger partial charge < -0.3 is 14.4 Å². The van der Waals surface area contributed by atoms with Crippen LogP contribution in [0.3, 0.4) is 0 Å². The number of hydrogen-bond acceptors (Lipinski definition) is 6. The number of benzene rings is 2. The summed E-state index contributed by atoms with van der Waals surface area (Å²) in [6, 6.07) is 15.7. The molecule has 3 aromatic rings. The summed E-state index contributed by atoms with van der Waals surface area (Å²) in [5, 5.41) is 0. The van der Waals surface area contributed by atoms with Crippen molar-refractivity contribution in [3.63, 3.8) is 0 Å². The lowest BCUT2D eigenvalue weighted by atomic mass is 10.1. The number of methoxy groups -OCH3 is 2. The van der Waals surface area contributed by atoms with Crippen LogP contribution in [-0.4, -0.2) is 30.5 Å². The molecule has 0 saturated heterocycles. The maximum absolute atomic E-state index is 11.5. The van der Waals surface area contributed by atoms with Gasteiger partial charge in [-0.2, -0.15) is 0 Å². The summed E-state index contributed by atoms with van der Waals surface area (Å²) in [4.78, 5) is 21.8. The molecular formula is C21H21N3O3. The minimum absolute atomic E-state index is 0.458. The van der Waals surface area contributed by atoms with Gasteiger partial charge in [0.1, 0.15) is 23.6 Å². The SMILES string of the molecule is COc1ccc(CN(Cc2ccc(OC)cc2)c2ncncc2C=O)cc1. The van der Waals surface area contributed by atoms with E-state index in [1.807, 2.05) is 48.5 Å². The summed E-state index contributed by atoms with van der Waals surface area (Å²) in [5.41, 5.74) is 2.62. The highest BCUT2D eigenvalue weighted by Crippen LogP contribution is 2.22. The fourth-order valence-electron chi connectivity index (χ4n) is 2.79. The Labute approximate surface area is 158 Å². The number of anilines is 1. The fraction of sp³-hybridized carbons (Fsp3) is 0.190. The second kappa shape index (κ2) is 8.80. The molecule has 1 heterocycles. The van der Waals surface area contributed by atoms with E-state index in [1.165, 1.54) is 12.5 Å². The van der Waals surface area contributed by atoms with Crippen molar-refractivity contribution < 1.29 is 14.3 Å². The number of hydrogen-bond donors (Lipinski definition) is 0. The lowest BCUT2D eigenvalue weighted by Crippen LogP contribution is -2.24. The Kier molecular flexibility index (Phi) is 5.99. The highest BCUT2D eigenvalue weighted by atomic mass is 16.5. The standard InChI is InChI=1S/C21H21N3O3/c1-26-19-7-3-16(4-8-19)12-24(21-18(14-25)11-22-15-23-21)13-17-5-9-20(27-2)10-6-17/h3-11,14-15H,12-13H2,1-2H3. The number of carbonyl (C=O) groups excluding carboxylic acids is 1. The van der Waals surface area contributed by atoms with E-state index in [9.17, 15) is 4.79 Å². The first-order valence-electron chi connectivity index (χ1n) is 8.49. The molecule has 0 bridgehead atoms. The van der Waals surface area contributed by atoms with E-state index in [1.54, 1.807) is 14.2 Å². The van der Waals surface area contributed by atoms with Gasteiger partial charge in [0.15, 0.2) is 6.29 Å². The van der Waals surface area contributed by atoms with Gasteiger partial charge >= 0.3 is 0 Å². The average molecular weight is 363 g/mol. The van der Waals surface area contributed by atoms with Crippen molar-refractivity contribution in [1.29, 1.82) is 0 Å². The summed E-state index contributed by atoms with van der Waals surface area (Å²) in [7, 11) is 3.28. The zero-order valence-corrected chi connectivity index (χ0v) is 15.3. The van der Waals surface area contributed by atoms with Crippen LogP contribution in [0.4, 0.5) is 5.82 Å². The zero-order chi connectivity index (χ0) is 19.1. The van der Waals surface area contributed by atoms with E-state index < -0.39 is 0 Å². The van der Waals surface area contributed by atoms with E-state index in [0.29, 0.717) is 24.5 Å². The first-order chi connectivity index (χ1) is 13.2. The molecule has 6 nitrogen and oxygen atoms in total. The van der Waals surface area contributed by atoms with Crippen molar-refractivity contribution >= 4 is 12.1 Å². The lowest BCUT2D eigenvalue weighted by Gasteiger charge is -2.25. The molecule has 0 amide bonds. The first-order valence-corrected chi connectivity index (χ1v) is 8.49. The summed E-state index contributed by atoms with van der Waals surface area (Å²) in [6.07, 6.45) is 3.77. The lowest BCUT2D eigenvalue weighted by molar-refractivity contribution is 0.112. The Bertz CT molecular complexity index is 830. The van der Waals surface area contributed by atoms with Gasteiger partial charge in [-0.05, 0) is 35.4 Å². The topological polar surface area (TPSA) is 64.6 Å². The molecular weight excluding hydrogens is 342 g/mol. The molecule has 6 heteroatoms. The van der Waals surface area contributed by atoms with Crippen LogP contribution >= 0.6 is 0 Å². The van der Waals surface area contributed by atoms with E-state index in [-0.39, 0.29) is 0 Å². The highest BCUT2D eigenvalue weighted by molar-refractivity contribution is 5.82. The van der Waals surface area contributed by atoms with E-state index in [0.717, 1.165) is 28.9 Å². The quantitative estimate of drug-likeness (QED) is 0.571. The van der Waals surface area contributed by atoms with Gasteiger partial charge in [-0.3, -0.25) is 4.79 Å². The molecule has 0 fully saturated rings. The third-order valence-electron chi connectivity index (χ3n) is 4.21. The minimum Gasteiger partial charge on any atom is -0.497 e. The van der Waals surface area contributed by atoms with Crippen LogP contribution in [0.2, 0.25) is 0 Å². The third kappa shape index (κ3) is 4.61. The first kappa shape index (κ1) is 18.4. The van der Waals surface area contributed by atoms with Crippen LogP contribution in [0.1, 0.15) is 21.5 Å². The Morgan fingerprint density at radius 1 is 0.889 bits per heavy atom.